The van der Waals surface area contributed by atoms with Gasteiger partial charge in [0.2, 0.25) is 0 Å². The molecule has 0 aromatic rings. The van der Waals surface area contributed by atoms with Gasteiger partial charge in [-0.15, -0.1) is 24.0 Å². The first-order chi connectivity index (χ1) is 10.2. The van der Waals surface area contributed by atoms with Gasteiger partial charge >= 0.3 is 0 Å². The molecule has 2 N–H and O–H groups in total. The van der Waals surface area contributed by atoms with Crippen LogP contribution in [-0.4, -0.2) is 60.6 Å². The predicted molar refractivity (Wildman–Crippen MR) is 108 cm³/mol. The molecule has 128 valence electrons. The number of thioether (sulfide) groups is 1. The Kier molecular flexibility index (Phi) is 7.14. The highest BCUT2D eigenvalue weighted by Crippen LogP contribution is 2.37. The molecule has 3 rings (SSSR count). The molecule has 0 amide bonds. The van der Waals surface area contributed by atoms with E-state index in [9.17, 15) is 0 Å². The van der Waals surface area contributed by atoms with Crippen LogP contribution in [-0.2, 0) is 0 Å². The number of likely N-dealkylation sites (tertiary alicyclic amines) is 1. The van der Waals surface area contributed by atoms with E-state index in [1.807, 2.05) is 7.05 Å². The molecular weight excluding hydrogens is 407 g/mol. The Bertz CT molecular complexity index is 380. The van der Waals surface area contributed by atoms with Crippen LogP contribution in [0.15, 0.2) is 4.99 Å². The van der Waals surface area contributed by atoms with Crippen LogP contribution in [0.5, 0.6) is 0 Å². The summed E-state index contributed by atoms with van der Waals surface area (Å²) >= 11 is 2.10. The van der Waals surface area contributed by atoms with Crippen molar-refractivity contribution in [3.63, 3.8) is 0 Å². The van der Waals surface area contributed by atoms with E-state index in [0.29, 0.717) is 4.75 Å². The number of hydrogen-bond donors (Lipinski definition) is 2. The number of rotatable bonds is 5. The zero-order chi connectivity index (χ0) is 14.7. The van der Waals surface area contributed by atoms with Gasteiger partial charge in [0.25, 0.3) is 0 Å². The van der Waals surface area contributed by atoms with Crippen molar-refractivity contribution in [3.05, 3.63) is 0 Å². The van der Waals surface area contributed by atoms with Crippen molar-refractivity contribution in [2.75, 3.05) is 39.0 Å². The van der Waals surface area contributed by atoms with E-state index in [4.69, 9.17) is 0 Å². The molecule has 0 radical (unpaired) electrons. The third kappa shape index (κ3) is 5.16. The molecule has 3 aliphatic rings. The summed E-state index contributed by atoms with van der Waals surface area (Å²) in [5, 5.41) is 7.06. The van der Waals surface area contributed by atoms with Crippen molar-refractivity contribution in [1.82, 2.24) is 15.5 Å². The van der Waals surface area contributed by atoms with Crippen LogP contribution in [0.3, 0.4) is 0 Å². The van der Waals surface area contributed by atoms with Gasteiger partial charge in [-0.05, 0) is 57.2 Å². The van der Waals surface area contributed by atoms with Crippen LogP contribution >= 0.6 is 35.7 Å². The monoisotopic (exact) mass is 438 g/mol. The molecular formula is C16H31IN4S. The molecule has 0 spiro atoms. The quantitative estimate of drug-likeness (QED) is 0.393. The van der Waals surface area contributed by atoms with Crippen LogP contribution in [0.25, 0.3) is 0 Å². The summed E-state index contributed by atoms with van der Waals surface area (Å²) in [6, 6.07) is 0.923. The molecule has 2 atom stereocenters. The van der Waals surface area contributed by atoms with Crippen LogP contribution < -0.4 is 10.6 Å². The molecule has 0 aromatic heterocycles. The van der Waals surface area contributed by atoms with E-state index in [0.717, 1.165) is 31.0 Å². The summed E-state index contributed by atoms with van der Waals surface area (Å²) in [6.45, 7) is 7.04. The van der Waals surface area contributed by atoms with Crippen molar-refractivity contribution in [2.24, 2.45) is 10.9 Å². The Morgan fingerprint density at radius 2 is 2.14 bits per heavy atom. The van der Waals surface area contributed by atoms with E-state index in [1.54, 1.807) is 0 Å². The third-order valence-electron chi connectivity index (χ3n) is 5.09. The largest absolute Gasteiger partial charge is 0.356 e. The second kappa shape index (κ2) is 8.42. The van der Waals surface area contributed by atoms with E-state index in [-0.39, 0.29) is 24.0 Å². The SMILES string of the molecule is CN=C(NCC1CCN(C2CC2)C1)NCC1(C)CCCS1.I. The number of guanidine groups is 1. The lowest BCUT2D eigenvalue weighted by atomic mass is 10.1. The van der Waals surface area contributed by atoms with Crippen molar-refractivity contribution in [3.8, 4) is 0 Å². The standard InChI is InChI=1S/C16H30N4S.HI/c1-16(7-3-9-21-16)12-19-15(17-2)18-10-13-6-8-20(11-13)14-4-5-14;/h13-14H,3-12H2,1-2H3,(H2,17,18,19);1H. The molecule has 1 saturated carbocycles. The Balaban J connectivity index is 0.00000176. The lowest BCUT2D eigenvalue weighted by Gasteiger charge is -2.24. The number of nitrogens with zero attached hydrogens (tertiary/aromatic N) is 2. The maximum absolute atomic E-state index is 4.38. The maximum Gasteiger partial charge on any atom is 0.191 e. The van der Waals surface area contributed by atoms with Gasteiger partial charge in [-0.3, -0.25) is 4.99 Å². The summed E-state index contributed by atoms with van der Waals surface area (Å²) in [6.07, 6.45) is 6.88. The zero-order valence-electron chi connectivity index (χ0n) is 13.9. The van der Waals surface area contributed by atoms with Crippen molar-refractivity contribution in [1.29, 1.82) is 0 Å². The van der Waals surface area contributed by atoms with Gasteiger partial charge < -0.3 is 15.5 Å². The van der Waals surface area contributed by atoms with Gasteiger partial charge in [0.05, 0.1) is 0 Å². The Morgan fingerprint density at radius 1 is 1.32 bits per heavy atom. The minimum absolute atomic E-state index is 0. The van der Waals surface area contributed by atoms with Gasteiger partial charge in [-0.2, -0.15) is 11.8 Å². The van der Waals surface area contributed by atoms with E-state index in [1.165, 1.54) is 50.9 Å². The smallest absolute Gasteiger partial charge is 0.191 e. The van der Waals surface area contributed by atoms with E-state index >= 15 is 0 Å². The molecule has 0 aromatic carbocycles. The number of nitrogens with one attached hydrogen (secondary N) is 2. The highest BCUT2D eigenvalue weighted by Gasteiger charge is 2.34. The van der Waals surface area contributed by atoms with Gasteiger partial charge in [-0.25, -0.2) is 0 Å². The highest BCUT2D eigenvalue weighted by atomic mass is 127. The second-order valence-electron chi connectivity index (χ2n) is 7.09. The summed E-state index contributed by atoms with van der Waals surface area (Å²) in [7, 11) is 1.88. The molecule has 22 heavy (non-hydrogen) atoms. The van der Waals surface area contributed by atoms with Crippen LogP contribution in [0.4, 0.5) is 0 Å². The average molecular weight is 438 g/mol. The fourth-order valence-electron chi connectivity index (χ4n) is 3.51. The predicted octanol–water partition coefficient (Wildman–Crippen LogP) is 2.54. The first-order valence-electron chi connectivity index (χ1n) is 8.51. The normalized spacial score (nSPS) is 32.8. The summed E-state index contributed by atoms with van der Waals surface area (Å²) in [5.74, 6) is 3.08. The van der Waals surface area contributed by atoms with Gasteiger partial charge in [0.15, 0.2) is 5.96 Å². The Labute approximate surface area is 156 Å². The Hall–Kier alpha value is 0.310. The molecule has 3 fully saturated rings. The minimum atomic E-state index is 0. The minimum Gasteiger partial charge on any atom is -0.356 e. The van der Waals surface area contributed by atoms with E-state index in [2.05, 4.69) is 39.2 Å². The lowest BCUT2D eigenvalue weighted by Crippen LogP contribution is -2.45. The maximum atomic E-state index is 4.38. The summed E-state index contributed by atoms with van der Waals surface area (Å²) < 4.78 is 0.397. The van der Waals surface area contributed by atoms with Crippen LogP contribution in [0.2, 0.25) is 0 Å². The number of aliphatic imine (C=N–C) groups is 1. The summed E-state index contributed by atoms with van der Waals surface area (Å²) in [4.78, 5) is 7.06. The highest BCUT2D eigenvalue weighted by molar-refractivity contribution is 14.0. The average Bonchev–Trinajstić information content (AvgIpc) is 3.07. The molecule has 2 saturated heterocycles. The molecule has 1 aliphatic carbocycles. The van der Waals surface area contributed by atoms with Crippen molar-refractivity contribution < 1.29 is 0 Å². The van der Waals surface area contributed by atoms with Crippen LogP contribution in [0, 0.1) is 5.92 Å². The third-order valence-corrected chi connectivity index (χ3v) is 6.63. The van der Waals surface area contributed by atoms with E-state index < -0.39 is 0 Å². The van der Waals surface area contributed by atoms with Crippen molar-refractivity contribution >= 4 is 41.7 Å². The first kappa shape index (κ1) is 18.6. The fraction of sp³-hybridized carbons (Fsp3) is 0.938. The van der Waals surface area contributed by atoms with Crippen LogP contribution in [0.1, 0.15) is 39.0 Å². The first-order valence-corrected chi connectivity index (χ1v) is 9.50. The molecule has 4 nitrogen and oxygen atoms in total. The number of halogens is 1. The van der Waals surface area contributed by atoms with Crippen molar-refractivity contribution in [2.45, 2.75) is 49.8 Å². The lowest BCUT2D eigenvalue weighted by molar-refractivity contribution is 0.314. The molecule has 0 bridgehead atoms. The van der Waals surface area contributed by atoms with Gasteiger partial charge in [-0.1, -0.05) is 0 Å². The summed E-state index contributed by atoms with van der Waals surface area (Å²) in [5.41, 5.74) is 0. The molecule has 2 aliphatic heterocycles. The zero-order valence-corrected chi connectivity index (χ0v) is 17.1. The number of hydrogen-bond acceptors (Lipinski definition) is 3. The van der Waals surface area contributed by atoms with Gasteiger partial charge in [0.1, 0.15) is 0 Å². The molecule has 6 heteroatoms. The molecule has 2 unspecified atom stereocenters. The Morgan fingerprint density at radius 3 is 2.77 bits per heavy atom. The van der Waals surface area contributed by atoms with Gasteiger partial charge in [0, 0.05) is 37.5 Å². The fourth-order valence-corrected chi connectivity index (χ4v) is 4.75. The second-order valence-corrected chi connectivity index (χ2v) is 8.77. The topological polar surface area (TPSA) is 39.7 Å². The molecule has 2 heterocycles.